The van der Waals surface area contributed by atoms with Gasteiger partial charge in [0.05, 0.1) is 26.3 Å². The summed E-state index contributed by atoms with van der Waals surface area (Å²) in [4.78, 5) is 19.1. The molecule has 4 rings (SSSR count). The first-order chi connectivity index (χ1) is 15.7. The molecule has 2 heterocycles. The topological polar surface area (TPSA) is 74.0 Å². The van der Waals surface area contributed by atoms with Crippen LogP contribution in [0.25, 0.3) is 0 Å². The van der Waals surface area contributed by atoms with Crippen LogP contribution in [0.5, 0.6) is 17.2 Å². The van der Waals surface area contributed by atoms with Crippen LogP contribution < -0.4 is 14.2 Å². The molecule has 7 nitrogen and oxygen atoms in total. The molecule has 168 valence electrons. The average molecular weight is 437 g/mol. The average Bonchev–Trinajstić information content (AvgIpc) is 3.31. The Morgan fingerprint density at radius 1 is 1.09 bits per heavy atom. The summed E-state index contributed by atoms with van der Waals surface area (Å²) >= 11 is 0. The van der Waals surface area contributed by atoms with E-state index in [0.717, 1.165) is 29.9 Å². The van der Waals surface area contributed by atoms with Gasteiger partial charge in [0.15, 0.2) is 24.0 Å². The van der Waals surface area contributed by atoms with E-state index in [4.69, 9.17) is 18.6 Å². The van der Waals surface area contributed by atoms with E-state index >= 15 is 0 Å². The van der Waals surface area contributed by atoms with Crippen LogP contribution in [0.1, 0.15) is 36.0 Å². The Hall–Kier alpha value is -3.48. The lowest BCUT2D eigenvalue weighted by Crippen LogP contribution is -2.41. The number of rotatable bonds is 8. The number of benzene rings is 2. The summed E-state index contributed by atoms with van der Waals surface area (Å²) in [5.41, 5.74) is 1.13. The molecule has 0 radical (unpaired) electrons. The van der Waals surface area contributed by atoms with Crippen LogP contribution >= 0.6 is 0 Å². The highest BCUT2D eigenvalue weighted by atomic mass is 16.5. The molecule has 0 spiro atoms. The number of methoxy groups -OCH3 is 2. The van der Waals surface area contributed by atoms with E-state index in [1.165, 1.54) is 0 Å². The van der Waals surface area contributed by atoms with Gasteiger partial charge in [0.1, 0.15) is 11.5 Å². The van der Waals surface area contributed by atoms with Gasteiger partial charge in [-0.2, -0.15) is 0 Å². The van der Waals surface area contributed by atoms with Gasteiger partial charge in [-0.1, -0.05) is 24.3 Å². The maximum absolute atomic E-state index is 12.7. The molecule has 0 N–H and O–H groups in total. The van der Waals surface area contributed by atoms with Gasteiger partial charge in [0.2, 0.25) is 0 Å². The van der Waals surface area contributed by atoms with Crippen molar-refractivity contribution in [3.8, 4) is 17.2 Å². The summed E-state index contributed by atoms with van der Waals surface area (Å²) in [6, 6.07) is 15.2. The Morgan fingerprint density at radius 2 is 1.88 bits per heavy atom. The zero-order valence-corrected chi connectivity index (χ0v) is 18.5. The Kier molecular flexibility index (Phi) is 6.94. The number of hydrogen-bond acceptors (Lipinski definition) is 6. The zero-order valence-electron chi connectivity index (χ0n) is 18.5. The number of hydrogen-bond donors (Lipinski definition) is 0. The summed E-state index contributed by atoms with van der Waals surface area (Å²) in [6.45, 7) is 1.27. The molecule has 1 amide bonds. The van der Waals surface area contributed by atoms with Crippen LogP contribution in [0.15, 0.2) is 59.1 Å². The third kappa shape index (κ3) is 5.22. The van der Waals surface area contributed by atoms with Crippen molar-refractivity contribution in [2.75, 3.05) is 33.9 Å². The lowest BCUT2D eigenvalue weighted by molar-refractivity contribution is -0.134. The van der Waals surface area contributed by atoms with E-state index in [2.05, 4.69) is 4.98 Å². The smallest absolute Gasteiger partial charge is 0.260 e. The van der Waals surface area contributed by atoms with Gasteiger partial charge in [0.25, 0.3) is 5.91 Å². The molecule has 3 aromatic rings. The molecule has 1 saturated heterocycles. The summed E-state index contributed by atoms with van der Waals surface area (Å²) in [5.74, 6) is 3.54. The molecule has 32 heavy (non-hydrogen) atoms. The molecular formula is C25H28N2O5. The first kappa shape index (κ1) is 21.7. The van der Waals surface area contributed by atoms with E-state index in [1.807, 2.05) is 47.4 Å². The molecule has 1 aromatic heterocycles. The van der Waals surface area contributed by atoms with Gasteiger partial charge in [-0.25, -0.2) is 4.98 Å². The molecule has 2 aromatic carbocycles. The van der Waals surface area contributed by atoms with Gasteiger partial charge in [0, 0.05) is 19.5 Å². The highest BCUT2D eigenvalue weighted by Gasteiger charge is 2.28. The molecule has 0 saturated carbocycles. The third-order valence-electron chi connectivity index (χ3n) is 5.65. The van der Waals surface area contributed by atoms with Gasteiger partial charge in [-0.15, -0.1) is 0 Å². The molecule has 0 unspecified atom stereocenters. The molecule has 0 bridgehead atoms. The second kappa shape index (κ2) is 10.2. The maximum atomic E-state index is 12.7. The normalized spacial score (nSPS) is 15.9. The number of piperidine rings is 1. The SMILES string of the molecule is COc1ccc(Cc2cnc([C@@H]3CCCN(C(=O)COc4ccccc4OC)C3)o2)cc1. The minimum Gasteiger partial charge on any atom is -0.497 e. The fourth-order valence-corrected chi connectivity index (χ4v) is 3.91. The van der Waals surface area contributed by atoms with Crippen molar-refractivity contribution in [1.82, 2.24) is 9.88 Å². The molecule has 1 aliphatic heterocycles. The Balaban J connectivity index is 1.33. The predicted octanol–water partition coefficient (Wildman–Crippen LogP) is 4.07. The Bertz CT molecular complexity index is 1030. The number of amides is 1. The largest absolute Gasteiger partial charge is 0.497 e. The zero-order chi connectivity index (χ0) is 22.3. The molecule has 7 heteroatoms. The summed E-state index contributed by atoms with van der Waals surface area (Å²) in [6.07, 6.45) is 4.30. The minimum absolute atomic E-state index is 0.0264. The fourth-order valence-electron chi connectivity index (χ4n) is 3.91. The van der Waals surface area contributed by atoms with Crippen molar-refractivity contribution in [3.05, 3.63) is 71.9 Å². The number of likely N-dealkylation sites (tertiary alicyclic amines) is 1. The van der Waals surface area contributed by atoms with Crippen molar-refractivity contribution in [2.24, 2.45) is 0 Å². The number of para-hydroxylation sites is 2. The first-order valence-electron chi connectivity index (χ1n) is 10.8. The van der Waals surface area contributed by atoms with Crippen LogP contribution in [-0.2, 0) is 11.2 Å². The van der Waals surface area contributed by atoms with Crippen molar-refractivity contribution in [1.29, 1.82) is 0 Å². The van der Waals surface area contributed by atoms with E-state index in [1.54, 1.807) is 26.5 Å². The second-order valence-electron chi connectivity index (χ2n) is 7.81. The van der Waals surface area contributed by atoms with Gasteiger partial charge >= 0.3 is 0 Å². The minimum atomic E-state index is -0.0504. The number of nitrogens with zero attached hydrogens (tertiary/aromatic N) is 2. The molecule has 1 atom stereocenters. The second-order valence-corrected chi connectivity index (χ2v) is 7.81. The predicted molar refractivity (Wildman–Crippen MR) is 119 cm³/mol. The number of carbonyl (C=O) groups excluding carboxylic acids is 1. The van der Waals surface area contributed by atoms with Crippen LogP contribution in [-0.4, -0.2) is 49.7 Å². The van der Waals surface area contributed by atoms with Crippen molar-refractivity contribution >= 4 is 5.91 Å². The third-order valence-corrected chi connectivity index (χ3v) is 5.65. The molecule has 1 aliphatic rings. The van der Waals surface area contributed by atoms with E-state index in [9.17, 15) is 4.79 Å². The van der Waals surface area contributed by atoms with Crippen molar-refractivity contribution in [2.45, 2.75) is 25.2 Å². The molecular weight excluding hydrogens is 408 g/mol. The van der Waals surface area contributed by atoms with Crippen LogP contribution in [0.3, 0.4) is 0 Å². The molecule has 0 aliphatic carbocycles. The highest BCUT2D eigenvalue weighted by Crippen LogP contribution is 2.29. The fraction of sp³-hybridized carbons (Fsp3) is 0.360. The molecule has 1 fully saturated rings. The van der Waals surface area contributed by atoms with Gasteiger partial charge in [-0.3, -0.25) is 4.79 Å². The van der Waals surface area contributed by atoms with Crippen LogP contribution in [0.2, 0.25) is 0 Å². The number of oxazole rings is 1. The van der Waals surface area contributed by atoms with Crippen molar-refractivity contribution in [3.63, 3.8) is 0 Å². The van der Waals surface area contributed by atoms with Gasteiger partial charge in [-0.05, 0) is 42.7 Å². The Morgan fingerprint density at radius 3 is 2.62 bits per heavy atom. The lowest BCUT2D eigenvalue weighted by Gasteiger charge is -2.31. The van der Waals surface area contributed by atoms with E-state index < -0.39 is 0 Å². The standard InChI is InChI=1S/C25H28N2O5/c1-29-20-11-9-18(10-12-20)14-21-15-26-25(32-21)19-6-5-13-27(16-19)24(28)17-31-23-8-4-3-7-22(23)30-2/h3-4,7-12,15,19H,5-6,13-14,16-17H2,1-2H3/t19-/m1/s1. The number of carbonyl (C=O) groups is 1. The number of aromatic nitrogens is 1. The quantitative estimate of drug-likeness (QED) is 0.530. The van der Waals surface area contributed by atoms with E-state index in [0.29, 0.717) is 36.9 Å². The highest BCUT2D eigenvalue weighted by molar-refractivity contribution is 5.78. The van der Waals surface area contributed by atoms with Crippen molar-refractivity contribution < 1.29 is 23.4 Å². The number of ether oxygens (including phenoxy) is 3. The lowest BCUT2D eigenvalue weighted by atomic mass is 9.98. The monoisotopic (exact) mass is 436 g/mol. The van der Waals surface area contributed by atoms with E-state index in [-0.39, 0.29) is 18.4 Å². The summed E-state index contributed by atoms with van der Waals surface area (Å²) in [7, 11) is 3.24. The first-order valence-corrected chi connectivity index (χ1v) is 10.8. The maximum Gasteiger partial charge on any atom is 0.260 e. The summed E-state index contributed by atoms with van der Waals surface area (Å²) in [5, 5.41) is 0. The van der Waals surface area contributed by atoms with Gasteiger partial charge < -0.3 is 23.5 Å². The Labute approximate surface area is 187 Å². The van der Waals surface area contributed by atoms with Crippen LogP contribution in [0, 0.1) is 0 Å². The summed E-state index contributed by atoms with van der Waals surface area (Å²) < 4.78 is 22.2. The van der Waals surface area contributed by atoms with Crippen LogP contribution in [0.4, 0.5) is 0 Å².